The fraction of sp³-hybridized carbons (Fsp3) is 0.182. The highest BCUT2D eigenvalue weighted by Crippen LogP contribution is 2.27. The first-order valence-electron chi connectivity index (χ1n) is 9.41. The highest BCUT2D eigenvalue weighted by Gasteiger charge is 2.13. The second-order valence-electron chi connectivity index (χ2n) is 6.26. The lowest BCUT2D eigenvalue weighted by Crippen LogP contribution is -2.44. The molecule has 3 N–H and O–H groups in total. The standard InChI is InChI=1S/C22H23N3O6/c1-28-17-8-4-3-7-16(17)23-13-21(26)24-25-22(27)20-12-11-15(31-20)14-30-19-10-6-5-9-18(19)29-2/h3-12,23H,13-14H2,1-2H3,(H,24,26)(H,25,27). The van der Waals surface area contributed by atoms with Crippen molar-refractivity contribution in [1.82, 2.24) is 10.9 Å². The molecule has 1 aromatic heterocycles. The molecule has 2 aromatic carbocycles. The van der Waals surface area contributed by atoms with Crippen LogP contribution in [0.4, 0.5) is 5.69 Å². The van der Waals surface area contributed by atoms with Crippen LogP contribution in [0.15, 0.2) is 65.1 Å². The molecular formula is C22H23N3O6. The number of hydrogen-bond acceptors (Lipinski definition) is 7. The second-order valence-corrected chi connectivity index (χ2v) is 6.26. The molecule has 1 heterocycles. The van der Waals surface area contributed by atoms with E-state index in [9.17, 15) is 9.59 Å². The third kappa shape index (κ3) is 5.92. The lowest BCUT2D eigenvalue weighted by molar-refractivity contribution is -0.120. The molecule has 3 rings (SSSR count). The van der Waals surface area contributed by atoms with Crippen molar-refractivity contribution < 1.29 is 28.2 Å². The number of methoxy groups -OCH3 is 2. The van der Waals surface area contributed by atoms with Crippen molar-refractivity contribution in [1.29, 1.82) is 0 Å². The maximum Gasteiger partial charge on any atom is 0.305 e. The van der Waals surface area contributed by atoms with E-state index in [1.807, 2.05) is 24.3 Å². The lowest BCUT2D eigenvalue weighted by atomic mass is 10.3. The molecule has 0 aliphatic heterocycles. The SMILES string of the molecule is COc1ccccc1NCC(=O)NNC(=O)c1ccc(COc2ccccc2OC)o1. The van der Waals surface area contributed by atoms with E-state index in [4.69, 9.17) is 18.6 Å². The van der Waals surface area contributed by atoms with Crippen molar-refractivity contribution in [2.45, 2.75) is 6.61 Å². The number of benzene rings is 2. The van der Waals surface area contributed by atoms with Crippen LogP contribution in [0.1, 0.15) is 16.3 Å². The van der Waals surface area contributed by atoms with Gasteiger partial charge in [-0.15, -0.1) is 0 Å². The minimum absolute atomic E-state index is 0.0385. The maximum absolute atomic E-state index is 12.2. The van der Waals surface area contributed by atoms with Gasteiger partial charge in [-0.1, -0.05) is 24.3 Å². The Morgan fingerprint density at radius 1 is 0.839 bits per heavy atom. The van der Waals surface area contributed by atoms with E-state index < -0.39 is 11.8 Å². The van der Waals surface area contributed by atoms with Gasteiger partial charge >= 0.3 is 5.91 Å². The predicted molar refractivity (Wildman–Crippen MR) is 113 cm³/mol. The minimum Gasteiger partial charge on any atom is -0.495 e. The molecule has 31 heavy (non-hydrogen) atoms. The van der Waals surface area contributed by atoms with Gasteiger partial charge in [0.15, 0.2) is 17.3 Å². The summed E-state index contributed by atoms with van der Waals surface area (Å²) in [5.74, 6) is 1.22. The van der Waals surface area contributed by atoms with Crippen molar-refractivity contribution >= 4 is 17.5 Å². The van der Waals surface area contributed by atoms with Gasteiger partial charge in [0.1, 0.15) is 18.1 Å². The van der Waals surface area contributed by atoms with E-state index in [1.54, 1.807) is 44.6 Å². The van der Waals surface area contributed by atoms with Crippen molar-refractivity contribution in [3.8, 4) is 17.2 Å². The molecule has 0 aliphatic carbocycles. The van der Waals surface area contributed by atoms with Crippen molar-refractivity contribution in [3.05, 3.63) is 72.2 Å². The first kappa shape index (κ1) is 21.6. The highest BCUT2D eigenvalue weighted by molar-refractivity contribution is 5.93. The Morgan fingerprint density at radius 3 is 2.26 bits per heavy atom. The zero-order chi connectivity index (χ0) is 22.1. The van der Waals surface area contributed by atoms with Crippen LogP contribution in [-0.4, -0.2) is 32.6 Å². The molecule has 3 aromatic rings. The summed E-state index contributed by atoms with van der Waals surface area (Å²) in [6.45, 7) is 0.0552. The summed E-state index contributed by atoms with van der Waals surface area (Å²) in [5.41, 5.74) is 5.29. The fourth-order valence-electron chi connectivity index (χ4n) is 2.66. The number of furan rings is 1. The zero-order valence-corrected chi connectivity index (χ0v) is 17.1. The Bertz CT molecular complexity index is 1030. The van der Waals surface area contributed by atoms with Gasteiger partial charge in [0.05, 0.1) is 26.5 Å². The zero-order valence-electron chi connectivity index (χ0n) is 17.1. The summed E-state index contributed by atoms with van der Waals surface area (Å²) in [4.78, 5) is 24.2. The summed E-state index contributed by atoms with van der Waals surface area (Å²) < 4.78 is 21.6. The van der Waals surface area contributed by atoms with E-state index >= 15 is 0 Å². The van der Waals surface area contributed by atoms with Crippen LogP contribution in [0.3, 0.4) is 0 Å². The molecule has 0 radical (unpaired) electrons. The Morgan fingerprint density at radius 2 is 1.52 bits per heavy atom. The molecule has 0 aliphatic rings. The Kier molecular flexibility index (Phi) is 7.36. The molecule has 162 valence electrons. The van der Waals surface area contributed by atoms with Gasteiger partial charge in [0.2, 0.25) is 0 Å². The van der Waals surface area contributed by atoms with E-state index in [-0.39, 0.29) is 18.9 Å². The molecule has 0 spiro atoms. The van der Waals surface area contributed by atoms with E-state index in [1.165, 1.54) is 6.07 Å². The Balaban J connectivity index is 1.45. The normalized spacial score (nSPS) is 10.1. The Hall–Kier alpha value is -4.14. The van der Waals surface area contributed by atoms with Gasteiger partial charge in [-0.3, -0.25) is 20.4 Å². The summed E-state index contributed by atoms with van der Waals surface area (Å²) >= 11 is 0. The smallest absolute Gasteiger partial charge is 0.305 e. The van der Waals surface area contributed by atoms with Gasteiger partial charge in [-0.2, -0.15) is 0 Å². The summed E-state index contributed by atoms with van der Waals surface area (Å²) in [6, 6.07) is 17.5. The van der Waals surface area contributed by atoms with Crippen molar-refractivity contribution in [3.63, 3.8) is 0 Å². The molecule has 0 fully saturated rings. The van der Waals surface area contributed by atoms with E-state index in [2.05, 4.69) is 16.2 Å². The predicted octanol–water partition coefficient (Wildman–Crippen LogP) is 2.75. The topological polar surface area (TPSA) is 111 Å². The first-order chi connectivity index (χ1) is 15.1. The van der Waals surface area contributed by atoms with Crippen LogP contribution < -0.4 is 30.4 Å². The largest absolute Gasteiger partial charge is 0.495 e. The van der Waals surface area contributed by atoms with Gasteiger partial charge < -0.3 is 23.9 Å². The molecule has 0 atom stereocenters. The van der Waals surface area contributed by atoms with Crippen LogP contribution in [0.2, 0.25) is 0 Å². The number of nitrogens with one attached hydrogen (secondary N) is 3. The average molecular weight is 425 g/mol. The number of carbonyl (C=O) groups excluding carboxylic acids is 2. The summed E-state index contributed by atoms with van der Waals surface area (Å²) in [5, 5.41) is 2.93. The number of hydrogen-bond donors (Lipinski definition) is 3. The quantitative estimate of drug-likeness (QED) is 0.452. The maximum atomic E-state index is 12.2. The van der Waals surface area contributed by atoms with Crippen LogP contribution in [0.5, 0.6) is 17.2 Å². The Labute approximate surface area is 179 Å². The lowest BCUT2D eigenvalue weighted by Gasteiger charge is -2.11. The monoisotopic (exact) mass is 425 g/mol. The fourth-order valence-corrected chi connectivity index (χ4v) is 2.66. The molecule has 0 bridgehead atoms. The summed E-state index contributed by atoms with van der Waals surface area (Å²) in [7, 11) is 3.09. The number of anilines is 1. The number of rotatable bonds is 9. The van der Waals surface area contributed by atoms with E-state index in [0.29, 0.717) is 28.7 Å². The molecule has 0 saturated carbocycles. The highest BCUT2D eigenvalue weighted by atomic mass is 16.5. The molecular weight excluding hydrogens is 402 g/mol. The molecule has 0 saturated heterocycles. The number of amides is 2. The summed E-state index contributed by atoms with van der Waals surface area (Å²) in [6.07, 6.45) is 0. The number of ether oxygens (including phenoxy) is 3. The van der Waals surface area contributed by atoms with Crippen LogP contribution in [0.25, 0.3) is 0 Å². The third-order valence-corrected chi connectivity index (χ3v) is 4.19. The van der Waals surface area contributed by atoms with Crippen LogP contribution in [-0.2, 0) is 11.4 Å². The third-order valence-electron chi connectivity index (χ3n) is 4.19. The number of para-hydroxylation sites is 4. The molecule has 2 amide bonds. The number of hydrazine groups is 1. The second kappa shape index (κ2) is 10.6. The van der Waals surface area contributed by atoms with E-state index in [0.717, 1.165) is 0 Å². The minimum atomic E-state index is -0.589. The van der Waals surface area contributed by atoms with Gasteiger partial charge in [-0.05, 0) is 36.4 Å². The van der Waals surface area contributed by atoms with Crippen LogP contribution >= 0.6 is 0 Å². The van der Waals surface area contributed by atoms with Gasteiger partial charge in [-0.25, -0.2) is 0 Å². The molecule has 9 nitrogen and oxygen atoms in total. The molecule has 9 heteroatoms. The van der Waals surface area contributed by atoms with Crippen LogP contribution in [0, 0.1) is 0 Å². The molecule has 0 unspecified atom stereocenters. The number of carbonyl (C=O) groups is 2. The van der Waals surface area contributed by atoms with Gasteiger partial charge in [0.25, 0.3) is 5.91 Å². The average Bonchev–Trinajstić information content (AvgIpc) is 3.29. The van der Waals surface area contributed by atoms with Gasteiger partial charge in [0, 0.05) is 0 Å². The van der Waals surface area contributed by atoms with Crippen molar-refractivity contribution in [2.75, 3.05) is 26.1 Å². The first-order valence-corrected chi connectivity index (χ1v) is 9.41. The van der Waals surface area contributed by atoms with Crippen molar-refractivity contribution in [2.24, 2.45) is 0 Å².